The molecule has 1 N–H and O–H groups in total. The highest BCUT2D eigenvalue weighted by molar-refractivity contribution is 7.89. The molecule has 2 rings (SSSR count). The number of carbonyl (C=O) groups excluding carboxylic acids is 1. The maximum absolute atomic E-state index is 12.9. The maximum atomic E-state index is 12.9. The van der Waals surface area contributed by atoms with Crippen molar-refractivity contribution in [1.82, 2.24) is 4.31 Å². The van der Waals surface area contributed by atoms with Gasteiger partial charge in [-0.05, 0) is 43.0 Å². The molecule has 0 spiro atoms. The predicted octanol–water partition coefficient (Wildman–Crippen LogP) is 3.75. The topological polar surface area (TPSA) is 75.7 Å². The number of anilines is 1. The fraction of sp³-hybridized carbons (Fsp3) is 0.421. The second-order valence-electron chi connectivity index (χ2n) is 5.81. The molecular weight excluding hydrogens is 384 g/mol. The third-order valence-electron chi connectivity index (χ3n) is 4.03. The van der Waals surface area contributed by atoms with Crippen LogP contribution >= 0.6 is 11.3 Å². The molecule has 8 heteroatoms. The number of nitrogens with zero attached hydrogens (tertiary/aromatic N) is 1. The van der Waals surface area contributed by atoms with Gasteiger partial charge in [0.25, 0.3) is 0 Å². The van der Waals surface area contributed by atoms with Crippen LogP contribution in [0.3, 0.4) is 0 Å². The average molecular weight is 411 g/mol. The van der Waals surface area contributed by atoms with Crippen molar-refractivity contribution in [3.8, 4) is 5.75 Å². The molecule has 0 atom stereocenters. The van der Waals surface area contributed by atoms with E-state index < -0.39 is 10.0 Å². The summed E-state index contributed by atoms with van der Waals surface area (Å²) >= 11 is 1.61. The summed E-state index contributed by atoms with van der Waals surface area (Å²) in [4.78, 5) is 13.4. The van der Waals surface area contributed by atoms with E-state index in [1.54, 1.807) is 44.2 Å². The molecular formula is C19H26N2O4S2. The van der Waals surface area contributed by atoms with Crippen LogP contribution in [0.4, 0.5) is 5.69 Å². The molecule has 0 aliphatic carbocycles. The fourth-order valence-corrected chi connectivity index (χ4v) is 5.00. The first kappa shape index (κ1) is 21.4. The summed E-state index contributed by atoms with van der Waals surface area (Å²) in [5.74, 6) is 0.139. The summed E-state index contributed by atoms with van der Waals surface area (Å²) in [5, 5.41) is 4.76. The lowest BCUT2D eigenvalue weighted by Crippen LogP contribution is -2.31. The molecule has 0 aliphatic heterocycles. The number of amides is 1. The Morgan fingerprint density at radius 2 is 1.93 bits per heavy atom. The molecule has 1 aromatic carbocycles. The Balaban J connectivity index is 2.22. The Labute approximate surface area is 165 Å². The number of benzene rings is 1. The number of nitrogens with one attached hydrogen (secondary N) is 1. The summed E-state index contributed by atoms with van der Waals surface area (Å²) in [7, 11) is -3.70. The van der Waals surface area contributed by atoms with Crippen molar-refractivity contribution in [3.05, 3.63) is 40.6 Å². The van der Waals surface area contributed by atoms with Gasteiger partial charge in [-0.15, -0.1) is 11.3 Å². The first-order valence-corrected chi connectivity index (χ1v) is 11.3. The van der Waals surface area contributed by atoms with E-state index in [1.165, 1.54) is 10.4 Å². The maximum Gasteiger partial charge on any atom is 0.246 e. The van der Waals surface area contributed by atoms with Crippen LogP contribution in [0.1, 0.15) is 32.1 Å². The van der Waals surface area contributed by atoms with Crippen LogP contribution in [0.2, 0.25) is 0 Å². The third kappa shape index (κ3) is 5.54. The monoisotopic (exact) mass is 410 g/mol. The number of hydrogen-bond donors (Lipinski definition) is 1. The van der Waals surface area contributed by atoms with Crippen LogP contribution in [0.5, 0.6) is 5.75 Å². The quantitative estimate of drug-likeness (QED) is 0.647. The summed E-state index contributed by atoms with van der Waals surface area (Å²) in [6.45, 7) is 6.46. The van der Waals surface area contributed by atoms with Crippen molar-refractivity contribution >= 4 is 33.0 Å². The highest BCUT2D eigenvalue weighted by Crippen LogP contribution is 2.30. The smallest absolute Gasteiger partial charge is 0.246 e. The van der Waals surface area contributed by atoms with E-state index >= 15 is 0 Å². The van der Waals surface area contributed by atoms with Crippen LogP contribution in [-0.4, -0.2) is 38.3 Å². The summed E-state index contributed by atoms with van der Waals surface area (Å²) in [6, 6.07) is 8.67. The lowest BCUT2D eigenvalue weighted by Gasteiger charge is -2.21. The van der Waals surface area contributed by atoms with Crippen LogP contribution in [0, 0.1) is 0 Å². The number of hydrogen-bond acceptors (Lipinski definition) is 5. The lowest BCUT2D eigenvalue weighted by atomic mass is 10.2. The summed E-state index contributed by atoms with van der Waals surface area (Å²) < 4.78 is 32.8. The Morgan fingerprint density at radius 1 is 1.19 bits per heavy atom. The molecule has 0 saturated carbocycles. The van der Waals surface area contributed by atoms with Gasteiger partial charge in [-0.25, -0.2) is 8.42 Å². The average Bonchev–Trinajstić information content (AvgIpc) is 3.16. The lowest BCUT2D eigenvalue weighted by molar-refractivity contribution is -0.116. The second kappa shape index (κ2) is 9.87. The standard InChI is InChI=1S/C19H26N2O4S2/c1-4-21(5-2)27(23,24)18-14-15(9-11-17(18)25-6-3)20-19(22)12-10-16-8-7-13-26-16/h7-9,11,13-14H,4-6,10,12H2,1-3H3,(H,20,22). The molecule has 0 bridgehead atoms. The zero-order chi connectivity index (χ0) is 19.9. The third-order valence-corrected chi connectivity index (χ3v) is 7.04. The van der Waals surface area contributed by atoms with Crippen molar-refractivity contribution in [1.29, 1.82) is 0 Å². The van der Waals surface area contributed by atoms with E-state index in [4.69, 9.17) is 4.74 Å². The molecule has 2 aromatic rings. The number of aryl methyl sites for hydroxylation is 1. The van der Waals surface area contributed by atoms with Crippen LogP contribution in [0.15, 0.2) is 40.6 Å². The van der Waals surface area contributed by atoms with Gasteiger partial charge in [-0.2, -0.15) is 4.31 Å². The number of rotatable bonds is 10. The van der Waals surface area contributed by atoms with Gasteiger partial charge in [0.15, 0.2) is 0 Å². The number of sulfonamides is 1. The van der Waals surface area contributed by atoms with E-state index in [1.807, 2.05) is 17.5 Å². The van der Waals surface area contributed by atoms with Crippen molar-refractivity contribution < 1.29 is 17.9 Å². The molecule has 1 heterocycles. The van der Waals surface area contributed by atoms with Gasteiger partial charge in [-0.3, -0.25) is 4.79 Å². The van der Waals surface area contributed by atoms with E-state index in [0.29, 0.717) is 44.0 Å². The predicted molar refractivity (Wildman–Crippen MR) is 109 cm³/mol. The minimum Gasteiger partial charge on any atom is -0.492 e. The molecule has 0 unspecified atom stereocenters. The van der Waals surface area contributed by atoms with Crippen molar-refractivity contribution in [2.75, 3.05) is 25.0 Å². The first-order valence-electron chi connectivity index (χ1n) is 9.01. The number of thiophene rings is 1. The van der Waals surface area contributed by atoms with Crippen molar-refractivity contribution in [3.63, 3.8) is 0 Å². The molecule has 1 aromatic heterocycles. The molecule has 148 valence electrons. The minimum atomic E-state index is -3.70. The molecule has 6 nitrogen and oxygen atoms in total. The Morgan fingerprint density at radius 3 is 2.52 bits per heavy atom. The van der Waals surface area contributed by atoms with Crippen LogP contribution < -0.4 is 10.1 Å². The highest BCUT2D eigenvalue weighted by Gasteiger charge is 2.26. The van der Waals surface area contributed by atoms with Gasteiger partial charge in [0.05, 0.1) is 6.61 Å². The number of carbonyl (C=O) groups is 1. The van der Waals surface area contributed by atoms with Gasteiger partial charge < -0.3 is 10.1 Å². The van der Waals surface area contributed by atoms with E-state index in [9.17, 15) is 13.2 Å². The molecule has 0 fully saturated rings. The Kier molecular flexibility index (Phi) is 7.82. The highest BCUT2D eigenvalue weighted by atomic mass is 32.2. The largest absolute Gasteiger partial charge is 0.492 e. The van der Waals surface area contributed by atoms with Crippen LogP contribution in [-0.2, 0) is 21.2 Å². The van der Waals surface area contributed by atoms with E-state index in [2.05, 4.69) is 5.32 Å². The van der Waals surface area contributed by atoms with Crippen molar-refractivity contribution in [2.24, 2.45) is 0 Å². The second-order valence-corrected chi connectivity index (χ2v) is 8.75. The van der Waals surface area contributed by atoms with Gasteiger partial charge in [-0.1, -0.05) is 19.9 Å². The Hall–Kier alpha value is -1.90. The molecule has 0 aliphatic rings. The zero-order valence-corrected chi connectivity index (χ0v) is 17.5. The summed E-state index contributed by atoms with van der Waals surface area (Å²) in [5.41, 5.74) is 0.445. The first-order chi connectivity index (χ1) is 12.9. The number of ether oxygens (including phenoxy) is 1. The minimum absolute atomic E-state index is 0.0732. The Bertz CT molecular complexity index is 845. The SMILES string of the molecule is CCOc1ccc(NC(=O)CCc2cccs2)cc1S(=O)(=O)N(CC)CC. The fourth-order valence-electron chi connectivity index (χ4n) is 2.68. The van der Waals surface area contributed by atoms with Gasteiger partial charge in [0, 0.05) is 30.1 Å². The summed E-state index contributed by atoms with van der Waals surface area (Å²) in [6.07, 6.45) is 0.997. The molecule has 0 saturated heterocycles. The van der Waals surface area contributed by atoms with E-state index in [0.717, 1.165) is 4.88 Å². The normalized spacial score (nSPS) is 11.6. The zero-order valence-electron chi connectivity index (χ0n) is 15.9. The van der Waals surface area contributed by atoms with Gasteiger partial charge in [0.1, 0.15) is 10.6 Å². The molecule has 1 amide bonds. The molecule has 27 heavy (non-hydrogen) atoms. The van der Waals surface area contributed by atoms with E-state index in [-0.39, 0.29) is 10.8 Å². The van der Waals surface area contributed by atoms with Gasteiger partial charge in [0.2, 0.25) is 15.9 Å². The van der Waals surface area contributed by atoms with Crippen molar-refractivity contribution in [2.45, 2.75) is 38.5 Å². The molecule has 0 radical (unpaired) electrons. The van der Waals surface area contributed by atoms with Crippen LogP contribution in [0.25, 0.3) is 0 Å². The van der Waals surface area contributed by atoms with Gasteiger partial charge >= 0.3 is 0 Å².